The van der Waals surface area contributed by atoms with Gasteiger partial charge in [-0.2, -0.15) is 8.78 Å². The topological polar surface area (TPSA) is 52.0 Å². The average molecular weight is 282 g/mol. The molecule has 108 valence electrons. The molecule has 0 aliphatic carbocycles. The molecule has 1 atom stereocenters. The molecule has 0 saturated carbocycles. The Morgan fingerprint density at radius 3 is 2.95 bits per heavy atom. The van der Waals surface area contributed by atoms with Crippen LogP contribution >= 0.6 is 0 Å². The Morgan fingerprint density at radius 2 is 2.25 bits per heavy atom. The summed E-state index contributed by atoms with van der Waals surface area (Å²) in [6.07, 6.45) is 3.40. The first kappa shape index (κ1) is 14.4. The number of rotatable bonds is 7. The van der Waals surface area contributed by atoms with Gasteiger partial charge in [0.1, 0.15) is 5.75 Å². The Hall–Kier alpha value is -2.02. The number of halogens is 2. The Labute approximate surface area is 115 Å². The van der Waals surface area contributed by atoms with E-state index < -0.39 is 6.61 Å². The van der Waals surface area contributed by atoms with E-state index in [1.165, 1.54) is 6.07 Å². The summed E-state index contributed by atoms with van der Waals surface area (Å²) in [7, 11) is 0. The lowest BCUT2D eigenvalue weighted by Crippen LogP contribution is -2.23. The first-order valence-corrected chi connectivity index (χ1v) is 6.27. The van der Waals surface area contributed by atoms with E-state index in [9.17, 15) is 8.78 Å². The molecule has 0 aliphatic heterocycles. The molecule has 7 heteroatoms. The minimum absolute atomic E-state index is 0.0275. The number of nitrogens with zero attached hydrogens (tertiary/aromatic N) is 3. The number of hydrogen-bond acceptors (Lipinski definition) is 4. The molecule has 0 spiro atoms. The minimum Gasteiger partial charge on any atom is -0.435 e. The highest BCUT2D eigenvalue weighted by molar-refractivity contribution is 5.30. The third-order valence-electron chi connectivity index (χ3n) is 2.85. The molecule has 0 radical (unpaired) electrons. The zero-order chi connectivity index (χ0) is 14.4. The summed E-state index contributed by atoms with van der Waals surface area (Å²) in [6, 6.07) is 6.71. The van der Waals surface area contributed by atoms with Crippen LogP contribution in [0.2, 0.25) is 0 Å². The number of alkyl halides is 2. The molecule has 5 nitrogen and oxygen atoms in total. The second-order valence-corrected chi connectivity index (χ2v) is 4.29. The van der Waals surface area contributed by atoms with Gasteiger partial charge in [0, 0.05) is 18.8 Å². The van der Waals surface area contributed by atoms with Crippen molar-refractivity contribution in [3.05, 3.63) is 42.2 Å². The summed E-state index contributed by atoms with van der Waals surface area (Å²) < 4.78 is 30.4. The van der Waals surface area contributed by atoms with Gasteiger partial charge >= 0.3 is 6.61 Å². The normalized spacial score (nSPS) is 12.6. The molecule has 0 aliphatic rings. The number of hydrogen-bond donors (Lipinski definition) is 1. The predicted octanol–water partition coefficient (Wildman–Crippen LogP) is 2.23. The second-order valence-electron chi connectivity index (χ2n) is 4.29. The average Bonchev–Trinajstić information content (AvgIpc) is 2.91. The molecule has 0 bridgehead atoms. The second kappa shape index (κ2) is 6.95. The van der Waals surface area contributed by atoms with Gasteiger partial charge in [0.2, 0.25) is 0 Å². The molecule has 1 unspecified atom stereocenters. The molecular weight excluding hydrogens is 266 g/mol. The highest BCUT2D eigenvalue weighted by Gasteiger charge is 2.08. The van der Waals surface area contributed by atoms with Crippen LogP contribution in [0.3, 0.4) is 0 Å². The fourth-order valence-electron chi connectivity index (χ4n) is 1.83. The van der Waals surface area contributed by atoms with Gasteiger partial charge < -0.3 is 10.1 Å². The maximum absolute atomic E-state index is 12.2. The van der Waals surface area contributed by atoms with Crippen LogP contribution in [0.1, 0.15) is 18.5 Å². The number of benzene rings is 1. The van der Waals surface area contributed by atoms with Gasteiger partial charge in [-0.1, -0.05) is 17.3 Å². The molecule has 0 amide bonds. The van der Waals surface area contributed by atoms with Crippen molar-refractivity contribution in [3.63, 3.8) is 0 Å². The van der Waals surface area contributed by atoms with Crippen LogP contribution in [0.4, 0.5) is 8.78 Å². The van der Waals surface area contributed by atoms with Crippen LogP contribution in [-0.2, 0) is 6.54 Å². The van der Waals surface area contributed by atoms with Crippen molar-refractivity contribution in [1.29, 1.82) is 0 Å². The molecule has 0 fully saturated rings. The quantitative estimate of drug-likeness (QED) is 0.846. The van der Waals surface area contributed by atoms with Gasteiger partial charge in [0.05, 0.1) is 12.7 Å². The third kappa shape index (κ3) is 4.27. The molecule has 1 aromatic carbocycles. The van der Waals surface area contributed by atoms with Crippen molar-refractivity contribution < 1.29 is 13.5 Å². The third-order valence-corrected chi connectivity index (χ3v) is 2.85. The van der Waals surface area contributed by atoms with Crippen LogP contribution < -0.4 is 10.1 Å². The molecule has 0 saturated heterocycles. The van der Waals surface area contributed by atoms with Crippen LogP contribution in [0.25, 0.3) is 0 Å². The summed E-state index contributed by atoms with van der Waals surface area (Å²) in [5.74, 6) is 0.169. The number of nitrogens with one attached hydrogen (secondary N) is 1. The van der Waals surface area contributed by atoms with Crippen molar-refractivity contribution in [2.45, 2.75) is 26.1 Å². The molecule has 1 aromatic heterocycles. The lowest BCUT2D eigenvalue weighted by molar-refractivity contribution is -0.0499. The van der Waals surface area contributed by atoms with Gasteiger partial charge in [0.25, 0.3) is 0 Å². The highest BCUT2D eigenvalue weighted by atomic mass is 19.3. The summed E-state index contributed by atoms with van der Waals surface area (Å²) in [6.45, 7) is 0.547. The SMILES string of the molecule is CC(NCCn1ccnn1)c1cccc(OC(F)F)c1. The molecule has 2 aromatic rings. The molecule has 1 N–H and O–H groups in total. The van der Waals surface area contributed by atoms with Crippen molar-refractivity contribution >= 4 is 0 Å². The Kier molecular flexibility index (Phi) is 5.00. The van der Waals surface area contributed by atoms with E-state index >= 15 is 0 Å². The van der Waals surface area contributed by atoms with Crippen LogP contribution in [0.15, 0.2) is 36.7 Å². The lowest BCUT2D eigenvalue weighted by Gasteiger charge is -2.15. The van der Waals surface area contributed by atoms with Gasteiger partial charge in [-0.25, -0.2) is 0 Å². The van der Waals surface area contributed by atoms with Crippen molar-refractivity contribution in [1.82, 2.24) is 20.3 Å². The smallest absolute Gasteiger partial charge is 0.387 e. The van der Waals surface area contributed by atoms with Gasteiger partial charge in [-0.15, -0.1) is 5.10 Å². The van der Waals surface area contributed by atoms with E-state index in [1.54, 1.807) is 29.2 Å². The standard InChI is InChI=1S/C13H16F2N4O/c1-10(16-5-7-19-8-6-17-18-19)11-3-2-4-12(9-11)20-13(14)15/h2-4,6,8-10,13,16H,5,7H2,1H3. The Morgan fingerprint density at radius 1 is 1.40 bits per heavy atom. The van der Waals surface area contributed by atoms with E-state index in [1.807, 2.05) is 13.0 Å². The molecule has 2 rings (SSSR count). The van der Waals surface area contributed by atoms with E-state index in [0.717, 1.165) is 5.56 Å². The summed E-state index contributed by atoms with van der Waals surface area (Å²) in [4.78, 5) is 0. The van der Waals surface area contributed by atoms with Gasteiger partial charge in [-0.3, -0.25) is 4.68 Å². The summed E-state index contributed by atoms with van der Waals surface area (Å²) in [5, 5.41) is 10.9. The minimum atomic E-state index is -2.80. The fraction of sp³-hybridized carbons (Fsp3) is 0.385. The van der Waals surface area contributed by atoms with Crippen LogP contribution in [-0.4, -0.2) is 28.2 Å². The summed E-state index contributed by atoms with van der Waals surface area (Å²) in [5.41, 5.74) is 0.891. The molecule has 20 heavy (non-hydrogen) atoms. The van der Waals surface area contributed by atoms with E-state index in [0.29, 0.717) is 13.1 Å². The van der Waals surface area contributed by atoms with Crippen molar-refractivity contribution in [2.24, 2.45) is 0 Å². The zero-order valence-corrected chi connectivity index (χ0v) is 11.0. The fourth-order valence-corrected chi connectivity index (χ4v) is 1.83. The lowest BCUT2D eigenvalue weighted by atomic mass is 10.1. The Balaban J connectivity index is 1.86. The Bertz CT molecular complexity index is 519. The largest absolute Gasteiger partial charge is 0.435 e. The zero-order valence-electron chi connectivity index (χ0n) is 11.0. The maximum atomic E-state index is 12.2. The van der Waals surface area contributed by atoms with Gasteiger partial charge in [-0.05, 0) is 24.6 Å². The first-order chi connectivity index (χ1) is 9.65. The highest BCUT2D eigenvalue weighted by Crippen LogP contribution is 2.20. The van der Waals surface area contributed by atoms with Crippen LogP contribution in [0, 0.1) is 0 Å². The monoisotopic (exact) mass is 282 g/mol. The summed E-state index contributed by atoms with van der Waals surface area (Å²) >= 11 is 0. The number of aromatic nitrogens is 3. The van der Waals surface area contributed by atoms with E-state index in [4.69, 9.17) is 0 Å². The first-order valence-electron chi connectivity index (χ1n) is 6.27. The molecular formula is C13H16F2N4O. The van der Waals surface area contributed by atoms with Crippen LogP contribution in [0.5, 0.6) is 5.75 Å². The number of ether oxygens (including phenoxy) is 1. The predicted molar refractivity (Wildman–Crippen MR) is 69.5 cm³/mol. The van der Waals surface area contributed by atoms with Gasteiger partial charge in [0.15, 0.2) is 0 Å². The maximum Gasteiger partial charge on any atom is 0.387 e. The van der Waals surface area contributed by atoms with E-state index in [2.05, 4.69) is 20.4 Å². The van der Waals surface area contributed by atoms with Crippen molar-refractivity contribution in [3.8, 4) is 5.75 Å². The van der Waals surface area contributed by atoms with E-state index in [-0.39, 0.29) is 11.8 Å². The molecule has 1 heterocycles. The van der Waals surface area contributed by atoms with Crippen molar-refractivity contribution in [2.75, 3.05) is 6.54 Å².